The summed E-state index contributed by atoms with van der Waals surface area (Å²) in [5.41, 5.74) is 2.25. The van der Waals surface area contributed by atoms with E-state index in [0.29, 0.717) is 6.54 Å². The maximum Gasteiger partial charge on any atom is 0.0961 e. The number of hydrogen-bond acceptors (Lipinski definition) is 3. The number of aliphatic hydroxyl groups is 2. The van der Waals surface area contributed by atoms with Crippen molar-refractivity contribution in [2.75, 3.05) is 13.7 Å². The zero-order chi connectivity index (χ0) is 15.8. The van der Waals surface area contributed by atoms with E-state index in [4.69, 9.17) is 0 Å². The van der Waals surface area contributed by atoms with Crippen LogP contribution in [0.15, 0.2) is 66.7 Å². The molecule has 0 saturated carbocycles. The lowest BCUT2D eigenvalue weighted by molar-refractivity contribution is 0.0366. The first-order valence-corrected chi connectivity index (χ1v) is 7.47. The van der Waals surface area contributed by atoms with Crippen molar-refractivity contribution in [3.05, 3.63) is 77.9 Å². The molecule has 0 aliphatic carbocycles. The van der Waals surface area contributed by atoms with Gasteiger partial charge in [-0.1, -0.05) is 72.8 Å². The van der Waals surface area contributed by atoms with E-state index in [1.165, 1.54) is 5.56 Å². The fraction of sp³-hybridized carbons (Fsp3) is 0.263. The summed E-state index contributed by atoms with van der Waals surface area (Å²) in [6, 6.07) is 19.8. The molecular formula is C19H23NO2. The van der Waals surface area contributed by atoms with Gasteiger partial charge >= 0.3 is 0 Å². The highest BCUT2D eigenvalue weighted by atomic mass is 16.3. The lowest BCUT2D eigenvalue weighted by Gasteiger charge is -2.29. The molecule has 2 rings (SSSR count). The van der Waals surface area contributed by atoms with E-state index in [-0.39, 0.29) is 12.6 Å². The highest BCUT2D eigenvalue weighted by Gasteiger charge is 2.20. The Bertz CT molecular complexity index is 569. The van der Waals surface area contributed by atoms with Crippen LogP contribution in [0.4, 0.5) is 0 Å². The van der Waals surface area contributed by atoms with Crippen molar-refractivity contribution < 1.29 is 10.2 Å². The van der Waals surface area contributed by atoms with Gasteiger partial charge in [0.15, 0.2) is 0 Å². The van der Waals surface area contributed by atoms with Crippen LogP contribution in [-0.2, 0) is 6.54 Å². The summed E-state index contributed by atoms with van der Waals surface area (Å²) >= 11 is 0. The molecule has 116 valence electrons. The Morgan fingerprint density at radius 2 is 1.59 bits per heavy atom. The third-order valence-electron chi connectivity index (χ3n) is 3.65. The minimum Gasteiger partial charge on any atom is -0.394 e. The maximum atomic E-state index is 10.1. The van der Waals surface area contributed by atoms with Crippen molar-refractivity contribution in [3.8, 4) is 0 Å². The van der Waals surface area contributed by atoms with Gasteiger partial charge in [-0.05, 0) is 18.2 Å². The van der Waals surface area contributed by atoms with Crippen molar-refractivity contribution >= 4 is 6.08 Å². The smallest absolute Gasteiger partial charge is 0.0961 e. The van der Waals surface area contributed by atoms with Crippen LogP contribution in [0, 0.1) is 0 Å². The summed E-state index contributed by atoms with van der Waals surface area (Å²) in [4.78, 5) is 2.04. The molecule has 3 nitrogen and oxygen atoms in total. The van der Waals surface area contributed by atoms with Crippen molar-refractivity contribution in [1.29, 1.82) is 0 Å². The number of aliphatic hydroxyl groups excluding tert-OH is 2. The first kappa shape index (κ1) is 16.4. The first-order chi connectivity index (χ1) is 10.7. The molecule has 2 atom stereocenters. The Hall–Kier alpha value is -1.94. The average Bonchev–Trinajstić information content (AvgIpc) is 2.56. The highest BCUT2D eigenvalue weighted by Crippen LogP contribution is 2.12. The van der Waals surface area contributed by atoms with E-state index >= 15 is 0 Å². The quantitative estimate of drug-likeness (QED) is 0.825. The second kappa shape index (κ2) is 8.49. The molecule has 0 saturated heterocycles. The van der Waals surface area contributed by atoms with Crippen LogP contribution in [0.3, 0.4) is 0 Å². The second-order valence-corrected chi connectivity index (χ2v) is 5.41. The topological polar surface area (TPSA) is 43.7 Å². The van der Waals surface area contributed by atoms with Gasteiger partial charge in [0, 0.05) is 6.54 Å². The Morgan fingerprint density at radius 1 is 1.00 bits per heavy atom. The van der Waals surface area contributed by atoms with E-state index < -0.39 is 6.10 Å². The van der Waals surface area contributed by atoms with E-state index in [1.807, 2.05) is 72.6 Å². The number of hydrogen-bond donors (Lipinski definition) is 2. The van der Waals surface area contributed by atoms with Crippen LogP contribution >= 0.6 is 0 Å². The molecular weight excluding hydrogens is 274 g/mol. The molecule has 0 radical (unpaired) electrons. The van der Waals surface area contributed by atoms with Crippen molar-refractivity contribution in [1.82, 2.24) is 4.90 Å². The molecule has 0 aliphatic heterocycles. The van der Waals surface area contributed by atoms with Gasteiger partial charge in [0.2, 0.25) is 0 Å². The standard InChI is InChI=1S/C19H23NO2/c1-20(14-17-10-6-3-7-11-17)18(19(22)15-21)13-12-16-8-4-2-5-9-16/h2-13,18-19,21-22H,14-15H2,1H3/b13-12+/t18-,19+/m1/s1. The third kappa shape index (κ3) is 4.81. The molecule has 0 aromatic heterocycles. The van der Waals surface area contributed by atoms with Gasteiger partial charge in [-0.15, -0.1) is 0 Å². The Morgan fingerprint density at radius 3 is 2.18 bits per heavy atom. The van der Waals surface area contributed by atoms with Crippen LogP contribution in [-0.4, -0.2) is 40.9 Å². The largest absolute Gasteiger partial charge is 0.394 e. The molecule has 0 bridgehead atoms. The zero-order valence-corrected chi connectivity index (χ0v) is 12.8. The van der Waals surface area contributed by atoms with Crippen LogP contribution in [0.25, 0.3) is 6.08 Å². The summed E-state index contributed by atoms with van der Waals surface area (Å²) in [5.74, 6) is 0. The van der Waals surface area contributed by atoms with Crippen molar-refractivity contribution in [3.63, 3.8) is 0 Å². The van der Waals surface area contributed by atoms with Gasteiger partial charge in [-0.3, -0.25) is 4.90 Å². The average molecular weight is 297 g/mol. The fourth-order valence-corrected chi connectivity index (χ4v) is 2.43. The summed E-state index contributed by atoms with van der Waals surface area (Å²) in [6.45, 7) is 0.449. The van der Waals surface area contributed by atoms with E-state index in [1.54, 1.807) is 0 Å². The normalized spacial score (nSPS) is 14.4. The summed E-state index contributed by atoms with van der Waals surface area (Å²) in [6.07, 6.45) is 3.11. The zero-order valence-electron chi connectivity index (χ0n) is 12.8. The van der Waals surface area contributed by atoms with Crippen LogP contribution in [0.2, 0.25) is 0 Å². The molecule has 0 spiro atoms. The Labute approximate surface area is 132 Å². The van der Waals surface area contributed by atoms with Gasteiger partial charge in [-0.2, -0.15) is 0 Å². The summed E-state index contributed by atoms with van der Waals surface area (Å²) < 4.78 is 0. The molecule has 0 aliphatic rings. The Kier molecular flexibility index (Phi) is 6.34. The number of likely N-dealkylation sites (N-methyl/N-ethyl adjacent to an activating group) is 1. The molecule has 0 fully saturated rings. The monoisotopic (exact) mass is 297 g/mol. The van der Waals surface area contributed by atoms with Crippen LogP contribution in [0.5, 0.6) is 0 Å². The molecule has 2 aromatic carbocycles. The summed E-state index contributed by atoms with van der Waals surface area (Å²) in [7, 11) is 1.95. The predicted octanol–water partition coefficient (Wildman–Crippen LogP) is 2.55. The van der Waals surface area contributed by atoms with Crippen LogP contribution < -0.4 is 0 Å². The van der Waals surface area contributed by atoms with Gasteiger partial charge < -0.3 is 10.2 Å². The number of nitrogens with zero attached hydrogens (tertiary/aromatic N) is 1. The summed E-state index contributed by atoms with van der Waals surface area (Å²) in [5, 5.41) is 19.4. The minimum absolute atomic E-state index is 0.245. The lowest BCUT2D eigenvalue weighted by Crippen LogP contribution is -2.41. The third-order valence-corrected chi connectivity index (χ3v) is 3.65. The highest BCUT2D eigenvalue weighted by molar-refractivity contribution is 5.49. The van der Waals surface area contributed by atoms with Gasteiger partial charge in [0.25, 0.3) is 0 Å². The van der Waals surface area contributed by atoms with Gasteiger partial charge in [0.1, 0.15) is 0 Å². The van der Waals surface area contributed by atoms with E-state index in [0.717, 1.165) is 5.56 Å². The lowest BCUT2D eigenvalue weighted by atomic mass is 10.1. The number of rotatable bonds is 7. The maximum absolute atomic E-state index is 10.1. The van der Waals surface area contributed by atoms with Crippen molar-refractivity contribution in [2.45, 2.75) is 18.7 Å². The molecule has 3 heteroatoms. The number of benzene rings is 2. The Balaban J connectivity index is 2.10. The van der Waals surface area contributed by atoms with Gasteiger partial charge in [-0.25, -0.2) is 0 Å². The molecule has 0 heterocycles. The SMILES string of the molecule is CN(Cc1ccccc1)[C@H](/C=C/c1ccccc1)[C@@H](O)CO. The molecule has 2 aromatic rings. The molecule has 2 N–H and O–H groups in total. The van der Waals surface area contributed by atoms with E-state index in [2.05, 4.69) is 12.1 Å². The molecule has 22 heavy (non-hydrogen) atoms. The molecule has 0 amide bonds. The molecule has 0 unspecified atom stereocenters. The fourth-order valence-electron chi connectivity index (χ4n) is 2.43. The second-order valence-electron chi connectivity index (χ2n) is 5.41. The van der Waals surface area contributed by atoms with Gasteiger partial charge in [0.05, 0.1) is 18.8 Å². The predicted molar refractivity (Wildman–Crippen MR) is 90.3 cm³/mol. The van der Waals surface area contributed by atoms with Crippen LogP contribution in [0.1, 0.15) is 11.1 Å². The van der Waals surface area contributed by atoms with E-state index in [9.17, 15) is 10.2 Å². The van der Waals surface area contributed by atoms with Crippen molar-refractivity contribution in [2.24, 2.45) is 0 Å². The minimum atomic E-state index is -0.811. The first-order valence-electron chi connectivity index (χ1n) is 7.47.